The van der Waals surface area contributed by atoms with E-state index in [9.17, 15) is 8.42 Å². The molecule has 20 heavy (non-hydrogen) atoms. The monoisotopic (exact) mass is 298 g/mol. The number of aromatic nitrogens is 1. The predicted octanol–water partition coefficient (Wildman–Crippen LogP) is 0.626. The zero-order valence-corrected chi connectivity index (χ0v) is 12.8. The van der Waals surface area contributed by atoms with Crippen molar-refractivity contribution in [3.8, 4) is 0 Å². The third-order valence-corrected chi connectivity index (χ3v) is 5.63. The minimum atomic E-state index is -3.47. The summed E-state index contributed by atoms with van der Waals surface area (Å²) in [5, 5.41) is 0. The van der Waals surface area contributed by atoms with Crippen LogP contribution < -0.4 is 5.73 Å². The second-order valence-electron chi connectivity index (χ2n) is 5.45. The van der Waals surface area contributed by atoms with Crippen LogP contribution in [0.1, 0.15) is 12.8 Å². The summed E-state index contributed by atoms with van der Waals surface area (Å²) >= 11 is 0. The van der Waals surface area contributed by atoms with Crippen LogP contribution in [0.5, 0.6) is 0 Å². The number of nitrogens with two attached hydrogens (primary N) is 1. The maximum atomic E-state index is 12.4. The smallest absolute Gasteiger partial charge is 0.244 e. The van der Waals surface area contributed by atoms with E-state index in [1.807, 2.05) is 0 Å². The van der Waals surface area contributed by atoms with Crippen LogP contribution in [-0.4, -0.2) is 56.3 Å². The number of anilines is 1. The van der Waals surface area contributed by atoms with Crippen LogP contribution in [0.25, 0.3) is 0 Å². The van der Waals surface area contributed by atoms with Gasteiger partial charge in [0.05, 0.1) is 0 Å². The SMILES string of the molecule is CN1CCC(CN(C)S(=O)(=O)c2ccc(N)nc2)CC1. The first-order valence-electron chi connectivity index (χ1n) is 6.76. The zero-order chi connectivity index (χ0) is 14.8. The van der Waals surface area contributed by atoms with Gasteiger partial charge in [-0.05, 0) is 51.0 Å². The molecule has 0 unspecified atom stereocenters. The summed E-state index contributed by atoms with van der Waals surface area (Å²) < 4.78 is 26.3. The van der Waals surface area contributed by atoms with E-state index in [0.29, 0.717) is 18.3 Å². The van der Waals surface area contributed by atoms with Crippen LogP contribution in [0.3, 0.4) is 0 Å². The maximum Gasteiger partial charge on any atom is 0.244 e. The highest BCUT2D eigenvalue weighted by Gasteiger charge is 2.25. The lowest BCUT2D eigenvalue weighted by Crippen LogP contribution is -2.37. The van der Waals surface area contributed by atoms with Gasteiger partial charge in [-0.1, -0.05) is 0 Å². The van der Waals surface area contributed by atoms with Gasteiger partial charge in [0.1, 0.15) is 10.7 Å². The molecule has 1 saturated heterocycles. The van der Waals surface area contributed by atoms with Gasteiger partial charge in [0.15, 0.2) is 0 Å². The largest absolute Gasteiger partial charge is 0.384 e. The van der Waals surface area contributed by atoms with E-state index in [0.717, 1.165) is 25.9 Å². The quantitative estimate of drug-likeness (QED) is 0.882. The standard InChI is InChI=1S/C13H22N4O2S/c1-16-7-5-11(6-8-16)10-17(2)20(18,19)12-3-4-13(14)15-9-12/h3-4,9,11H,5-8,10H2,1-2H3,(H2,14,15). The van der Waals surface area contributed by atoms with Gasteiger partial charge in [0, 0.05) is 19.8 Å². The van der Waals surface area contributed by atoms with Crippen molar-refractivity contribution in [2.45, 2.75) is 17.7 Å². The molecule has 2 heterocycles. The van der Waals surface area contributed by atoms with Crippen LogP contribution in [-0.2, 0) is 10.0 Å². The van der Waals surface area contributed by atoms with E-state index < -0.39 is 10.0 Å². The average molecular weight is 298 g/mol. The molecule has 0 bridgehead atoms. The Balaban J connectivity index is 2.04. The van der Waals surface area contributed by atoms with Crippen molar-refractivity contribution < 1.29 is 8.42 Å². The number of nitrogen functional groups attached to an aromatic ring is 1. The van der Waals surface area contributed by atoms with E-state index in [1.54, 1.807) is 7.05 Å². The number of nitrogens with zero attached hydrogens (tertiary/aromatic N) is 3. The van der Waals surface area contributed by atoms with Crippen molar-refractivity contribution in [2.75, 3.05) is 39.5 Å². The molecule has 0 aliphatic carbocycles. The molecular weight excluding hydrogens is 276 g/mol. The lowest BCUT2D eigenvalue weighted by molar-refractivity contribution is 0.202. The summed E-state index contributed by atoms with van der Waals surface area (Å²) in [4.78, 5) is 6.32. The molecule has 0 radical (unpaired) electrons. The summed E-state index contributed by atoms with van der Waals surface area (Å²) in [5.74, 6) is 0.745. The number of hydrogen-bond donors (Lipinski definition) is 1. The molecule has 0 atom stereocenters. The normalized spacial score (nSPS) is 18.6. The van der Waals surface area contributed by atoms with Gasteiger partial charge in [-0.2, -0.15) is 0 Å². The highest BCUT2D eigenvalue weighted by Crippen LogP contribution is 2.21. The van der Waals surface area contributed by atoms with Crippen LogP contribution in [0, 0.1) is 5.92 Å². The fourth-order valence-corrected chi connectivity index (χ4v) is 3.62. The lowest BCUT2D eigenvalue weighted by Gasteiger charge is -2.31. The number of sulfonamides is 1. The summed E-state index contributed by atoms with van der Waals surface area (Å²) in [6.07, 6.45) is 3.39. The van der Waals surface area contributed by atoms with Gasteiger partial charge < -0.3 is 10.6 Å². The molecule has 1 fully saturated rings. The molecule has 0 saturated carbocycles. The first kappa shape index (κ1) is 15.2. The van der Waals surface area contributed by atoms with Crippen molar-refractivity contribution >= 4 is 15.8 Å². The Hall–Kier alpha value is -1.18. The topological polar surface area (TPSA) is 79.5 Å². The van der Waals surface area contributed by atoms with Gasteiger partial charge in [-0.25, -0.2) is 17.7 Å². The molecule has 2 N–H and O–H groups in total. The van der Waals surface area contributed by atoms with Crippen molar-refractivity contribution in [1.29, 1.82) is 0 Å². The van der Waals surface area contributed by atoms with E-state index in [2.05, 4.69) is 16.9 Å². The van der Waals surface area contributed by atoms with Crippen molar-refractivity contribution in [1.82, 2.24) is 14.2 Å². The minimum absolute atomic E-state index is 0.196. The van der Waals surface area contributed by atoms with Crippen molar-refractivity contribution in [2.24, 2.45) is 5.92 Å². The number of pyridine rings is 1. The van der Waals surface area contributed by atoms with E-state index >= 15 is 0 Å². The Morgan fingerprint density at radius 3 is 2.60 bits per heavy atom. The average Bonchev–Trinajstić information content (AvgIpc) is 2.42. The van der Waals surface area contributed by atoms with Gasteiger partial charge >= 0.3 is 0 Å². The highest BCUT2D eigenvalue weighted by atomic mass is 32.2. The highest BCUT2D eigenvalue weighted by molar-refractivity contribution is 7.89. The van der Waals surface area contributed by atoms with E-state index in [1.165, 1.54) is 22.6 Å². The van der Waals surface area contributed by atoms with E-state index in [4.69, 9.17) is 5.73 Å². The molecule has 0 spiro atoms. The van der Waals surface area contributed by atoms with Crippen LogP contribution in [0.15, 0.2) is 23.2 Å². The van der Waals surface area contributed by atoms with Gasteiger partial charge in [0.2, 0.25) is 10.0 Å². The summed E-state index contributed by atoms with van der Waals surface area (Å²) in [6.45, 7) is 2.62. The number of piperidine rings is 1. The first-order valence-corrected chi connectivity index (χ1v) is 8.20. The summed E-state index contributed by atoms with van der Waals surface area (Å²) in [7, 11) is 0.256. The Kier molecular flexibility index (Phi) is 4.62. The summed E-state index contributed by atoms with van der Waals surface area (Å²) in [5.41, 5.74) is 5.48. The van der Waals surface area contributed by atoms with Crippen LogP contribution in [0.4, 0.5) is 5.82 Å². The second-order valence-corrected chi connectivity index (χ2v) is 7.50. The Bertz CT molecular complexity index is 536. The van der Waals surface area contributed by atoms with Gasteiger partial charge in [-0.15, -0.1) is 0 Å². The molecular formula is C13H22N4O2S. The van der Waals surface area contributed by atoms with E-state index in [-0.39, 0.29) is 4.90 Å². The van der Waals surface area contributed by atoms with Crippen LogP contribution >= 0.6 is 0 Å². The second kappa shape index (κ2) is 6.07. The Morgan fingerprint density at radius 1 is 1.40 bits per heavy atom. The fraction of sp³-hybridized carbons (Fsp3) is 0.615. The molecule has 1 aliphatic rings. The Morgan fingerprint density at radius 2 is 2.05 bits per heavy atom. The lowest BCUT2D eigenvalue weighted by atomic mass is 9.97. The predicted molar refractivity (Wildman–Crippen MR) is 78.7 cm³/mol. The molecule has 112 valence electrons. The number of likely N-dealkylation sites (tertiary alicyclic amines) is 1. The number of hydrogen-bond acceptors (Lipinski definition) is 5. The Labute approximate surface area is 120 Å². The van der Waals surface area contributed by atoms with Crippen LogP contribution in [0.2, 0.25) is 0 Å². The molecule has 0 amide bonds. The first-order chi connectivity index (χ1) is 9.39. The molecule has 2 rings (SSSR count). The maximum absolute atomic E-state index is 12.4. The number of rotatable bonds is 4. The molecule has 7 heteroatoms. The zero-order valence-electron chi connectivity index (χ0n) is 12.0. The molecule has 1 aliphatic heterocycles. The van der Waals surface area contributed by atoms with Gasteiger partial charge in [-0.3, -0.25) is 0 Å². The third-order valence-electron chi connectivity index (χ3n) is 3.82. The molecule has 6 nitrogen and oxygen atoms in total. The van der Waals surface area contributed by atoms with Crippen molar-refractivity contribution in [3.05, 3.63) is 18.3 Å². The molecule has 0 aromatic carbocycles. The third kappa shape index (κ3) is 3.47. The van der Waals surface area contributed by atoms with Crippen molar-refractivity contribution in [3.63, 3.8) is 0 Å². The molecule has 1 aromatic heterocycles. The minimum Gasteiger partial charge on any atom is -0.384 e. The summed E-state index contributed by atoms with van der Waals surface area (Å²) in [6, 6.07) is 3.01. The van der Waals surface area contributed by atoms with Gasteiger partial charge in [0.25, 0.3) is 0 Å². The molecule has 1 aromatic rings. The fourth-order valence-electron chi connectivity index (χ4n) is 2.43.